The van der Waals surface area contributed by atoms with Gasteiger partial charge in [-0.05, 0) is 65.1 Å². The first kappa shape index (κ1) is 14.3. The summed E-state index contributed by atoms with van der Waals surface area (Å²) in [5.41, 5.74) is 1.07. The second kappa shape index (κ2) is 5.99. The van der Waals surface area contributed by atoms with Gasteiger partial charge in [-0.2, -0.15) is 0 Å². The minimum absolute atomic E-state index is 0.402. The van der Waals surface area contributed by atoms with Gasteiger partial charge in [0.25, 0.3) is 0 Å². The van der Waals surface area contributed by atoms with E-state index in [0.29, 0.717) is 21.9 Å². The van der Waals surface area contributed by atoms with Gasteiger partial charge in [0.05, 0.1) is 10.6 Å². The average molecular weight is 410 g/mol. The third-order valence-electron chi connectivity index (χ3n) is 2.94. The molecule has 2 aromatic carbocycles. The summed E-state index contributed by atoms with van der Waals surface area (Å²) in [7, 11) is 0. The molecule has 0 fully saturated rings. The van der Waals surface area contributed by atoms with Crippen LogP contribution >= 0.6 is 34.2 Å². The maximum absolute atomic E-state index is 12.2. The zero-order valence-corrected chi connectivity index (χ0v) is 13.6. The van der Waals surface area contributed by atoms with E-state index in [1.165, 1.54) is 0 Å². The molecule has 0 spiro atoms. The smallest absolute Gasteiger partial charge is 0.343 e. The van der Waals surface area contributed by atoms with E-state index in [9.17, 15) is 4.79 Å². The fraction of sp³-hybridized carbons (Fsp3) is 0. The molecule has 0 aliphatic rings. The molecule has 1 heterocycles. The van der Waals surface area contributed by atoms with Crippen molar-refractivity contribution in [3.8, 4) is 5.75 Å². The van der Waals surface area contributed by atoms with Crippen LogP contribution in [0.3, 0.4) is 0 Å². The number of benzene rings is 2. The number of esters is 1. The van der Waals surface area contributed by atoms with Crippen LogP contribution in [0.25, 0.3) is 10.9 Å². The molecule has 0 saturated heterocycles. The maximum Gasteiger partial charge on any atom is 0.343 e. The lowest BCUT2D eigenvalue weighted by atomic mass is 10.2. The molecular formula is C16H9ClINO2. The molecule has 5 heteroatoms. The average Bonchev–Trinajstić information content (AvgIpc) is 2.50. The van der Waals surface area contributed by atoms with Gasteiger partial charge in [-0.3, -0.25) is 4.98 Å². The first-order valence-electron chi connectivity index (χ1n) is 6.16. The number of carbonyl (C=O) groups excluding carboxylic acids is 1. The molecule has 0 aliphatic heterocycles. The Morgan fingerprint density at radius 1 is 1.14 bits per heavy atom. The van der Waals surface area contributed by atoms with Crippen molar-refractivity contribution in [1.29, 1.82) is 0 Å². The van der Waals surface area contributed by atoms with Crippen molar-refractivity contribution >= 4 is 51.1 Å². The molecule has 0 saturated carbocycles. The Hall–Kier alpha value is -1.66. The molecule has 0 amide bonds. The predicted octanol–water partition coefficient (Wildman–Crippen LogP) is 4.71. The molecule has 0 atom stereocenters. The number of rotatable bonds is 2. The van der Waals surface area contributed by atoms with Gasteiger partial charge in [0.15, 0.2) is 5.75 Å². The van der Waals surface area contributed by atoms with Crippen LogP contribution in [0, 0.1) is 3.57 Å². The highest BCUT2D eigenvalue weighted by molar-refractivity contribution is 14.1. The van der Waals surface area contributed by atoms with Gasteiger partial charge in [0, 0.05) is 15.2 Å². The number of fused-ring (bicyclic) bond motifs is 1. The standard InChI is InChI=1S/C16H9ClINO2/c17-13-6-7-14(15-12(13)5-2-8-19-15)21-16(20)10-3-1-4-11(18)9-10/h1-9H. The number of pyridine rings is 1. The van der Waals surface area contributed by atoms with Crippen LogP contribution in [-0.4, -0.2) is 11.0 Å². The van der Waals surface area contributed by atoms with Crippen molar-refractivity contribution in [3.05, 3.63) is 68.9 Å². The van der Waals surface area contributed by atoms with Crippen molar-refractivity contribution in [3.63, 3.8) is 0 Å². The fourth-order valence-electron chi connectivity index (χ4n) is 1.97. The summed E-state index contributed by atoms with van der Waals surface area (Å²) in [5, 5.41) is 1.33. The van der Waals surface area contributed by atoms with E-state index in [4.69, 9.17) is 16.3 Å². The highest BCUT2D eigenvalue weighted by atomic mass is 127. The number of halogens is 2. The molecule has 1 aromatic heterocycles. The van der Waals surface area contributed by atoms with Crippen molar-refractivity contribution in [2.75, 3.05) is 0 Å². The molecular weight excluding hydrogens is 401 g/mol. The van der Waals surface area contributed by atoms with Crippen molar-refractivity contribution < 1.29 is 9.53 Å². The van der Waals surface area contributed by atoms with E-state index in [1.54, 1.807) is 36.5 Å². The molecule has 3 aromatic rings. The maximum atomic E-state index is 12.2. The Balaban J connectivity index is 1.99. The number of nitrogens with zero attached hydrogens (tertiary/aromatic N) is 1. The SMILES string of the molecule is O=C(Oc1ccc(Cl)c2cccnc12)c1cccc(I)c1. The van der Waals surface area contributed by atoms with Crippen molar-refractivity contribution in [1.82, 2.24) is 4.98 Å². The van der Waals surface area contributed by atoms with Crippen LogP contribution in [0.5, 0.6) is 5.75 Å². The summed E-state index contributed by atoms with van der Waals surface area (Å²) in [4.78, 5) is 16.5. The van der Waals surface area contributed by atoms with Crippen LogP contribution in [-0.2, 0) is 0 Å². The fourth-order valence-corrected chi connectivity index (χ4v) is 2.73. The second-order valence-electron chi connectivity index (χ2n) is 4.34. The van der Waals surface area contributed by atoms with Gasteiger partial charge in [-0.15, -0.1) is 0 Å². The quantitative estimate of drug-likeness (QED) is 0.349. The predicted molar refractivity (Wildman–Crippen MR) is 90.9 cm³/mol. The minimum atomic E-state index is -0.414. The summed E-state index contributed by atoms with van der Waals surface area (Å²) in [5.74, 6) is -0.0124. The summed E-state index contributed by atoms with van der Waals surface area (Å²) in [6, 6.07) is 14.2. The van der Waals surface area contributed by atoms with Gasteiger partial charge in [-0.25, -0.2) is 4.79 Å². The zero-order chi connectivity index (χ0) is 14.8. The molecule has 3 nitrogen and oxygen atoms in total. The largest absolute Gasteiger partial charge is 0.421 e. The lowest BCUT2D eigenvalue weighted by Crippen LogP contribution is -2.09. The third-order valence-corrected chi connectivity index (χ3v) is 3.94. The molecule has 0 aliphatic carbocycles. The van der Waals surface area contributed by atoms with Gasteiger partial charge in [0.1, 0.15) is 5.52 Å². The van der Waals surface area contributed by atoms with Crippen LogP contribution in [0.1, 0.15) is 10.4 Å². The molecule has 3 rings (SSSR count). The summed E-state index contributed by atoms with van der Waals surface area (Å²) < 4.78 is 6.43. The monoisotopic (exact) mass is 409 g/mol. The van der Waals surface area contributed by atoms with E-state index in [2.05, 4.69) is 27.6 Å². The van der Waals surface area contributed by atoms with E-state index < -0.39 is 5.97 Å². The van der Waals surface area contributed by atoms with Gasteiger partial charge < -0.3 is 4.74 Å². The van der Waals surface area contributed by atoms with E-state index in [1.807, 2.05) is 18.2 Å². The number of hydrogen-bond acceptors (Lipinski definition) is 3. The summed E-state index contributed by atoms with van der Waals surface area (Å²) >= 11 is 8.27. The number of ether oxygens (including phenoxy) is 1. The Labute approximate surface area is 140 Å². The van der Waals surface area contributed by atoms with Gasteiger partial charge in [0.2, 0.25) is 0 Å². The summed E-state index contributed by atoms with van der Waals surface area (Å²) in [6.45, 7) is 0. The number of aromatic nitrogens is 1. The Morgan fingerprint density at radius 2 is 2.00 bits per heavy atom. The van der Waals surface area contributed by atoms with Crippen molar-refractivity contribution in [2.45, 2.75) is 0 Å². The van der Waals surface area contributed by atoms with Crippen LogP contribution in [0.2, 0.25) is 5.02 Å². The van der Waals surface area contributed by atoms with Crippen LogP contribution in [0.15, 0.2) is 54.7 Å². The number of carbonyl (C=O) groups is 1. The van der Waals surface area contributed by atoms with Crippen LogP contribution < -0.4 is 4.74 Å². The lowest BCUT2D eigenvalue weighted by Gasteiger charge is -2.08. The Kier molecular flexibility index (Phi) is 4.07. The Bertz CT molecular complexity index is 835. The molecule has 0 N–H and O–H groups in total. The third kappa shape index (κ3) is 3.01. The molecule has 104 valence electrons. The van der Waals surface area contributed by atoms with Gasteiger partial charge >= 0.3 is 5.97 Å². The second-order valence-corrected chi connectivity index (χ2v) is 6.00. The minimum Gasteiger partial charge on any atom is -0.421 e. The summed E-state index contributed by atoms with van der Waals surface area (Å²) in [6.07, 6.45) is 1.64. The molecule has 0 bridgehead atoms. The molecule has 0 radical (unpaired) electrons. The Morgan fingerprint density at radius 3 is 2.81 bits per heavy atom. The number of hydrogen-bond donors (Lipinski definition) is 0. The first-order chi connectivity index (χ1) is 10.1. The normalized spacial score (nSPS) is 10.6. The topological polar surface area (TPSA) is 39.2 Å². The highest BCUT2D eigenvalue weighted by Gasteiger charge is 2.13. The van der Waals surface area contributed by atoms with E-state index >= 15 is 0 Å². The lowest BCUT2D eigenvalue weighted by molar-refractivity contribution is 0.0736. The van der Waals surface area contributed by atoms with Crippen molar-refractivity contribution in [2.24, 2.45) is 0 Å². The zero-order valence-electron chi connectivity index (χ0n) is 10.7. The first-order valence-corrected chi connectivity index (χ1v) is 7.62. The van der Waals surface area contributed by atoms with Gasteiger partial charge in [-0.1, -0.05) is 17.7 Å². The molecule has 21 heavy (non-hydrogen) atoms. The van der Waals surface area contributed by atoms with Crippen LogP contribution in [0.4, 0.5) is 0 Å². The van der Waals surface area contributed by atoms with E-state index in [-0.39, 0.29) is 0 Å². The highest BCUT2D eigenvalue weighted by Crippen LogP contribution is 2.30. The molecule has 0 unspecified atom stereocenters. The van der Waals surface area contributed by atoms with E-state index in [0.717, 1.165) is 8.96 Å².